The molecular weight excluding hydrogens is 296 g/mol. The number of fused-ring (bicyclic) bond motifs is 1. The Balaban J connectivity index is 1.61. The fraction of sp³-hybridized carbons (Fsp3) is 0.611. The van der Waals surface area contributed by atoms with Crippen LogP contribution in [-0.2, 0) is 0 Å². The Bertz CT molecular complexity index is 702. The van der Waals surface area contributed by atoms with Gasteiger partial charge in [-0.15, -0.1) is 0 Å². The smallest absolute Gasteiger partial charge is 0.0867 e. The van der Waals surface area contributed by atoms with Crippen molar-refractivity contribution < 1.29 is 5.11 Å². The van der Waals surface area contributed by atoms with Gasteiger partial charge < -0.3 is 5.11 Å². The first-order chi connectivity index (χ1) is 10.6. The molecular formula is C18H21ClN2O. The lowest BCUT2D eigenvalue weighted by Crippen LogP contribution is -2.48. The maximum absolute atomic E-state index is 11.3. The summed E-state index contributed by atoms with van der Waals surface area (Å²) in [5.74, 6) is 2.49. The van der Waals surface area contributed by atoms with Crippen LogP contribution < -0.4 is 0 Å². The Morgan fingerprint density at radius 1 is 1.14 bits per heavy atom. The number of aromatic amines is 1. The first-order valence-electron chi connectivity index (χ1n) is 8.43. The summed E-state index contributed by atoms with van der Waals surface area (Å²) in [7, 11) is 0. The van der Waals surface area contributed by atoms with Gasteiger partial charge in [-0.2, -0.15) is 5.10 Å². The highest BCUT2D eigenvalue weighted by atomic mass is 35.5. The van der Waals surface area contributed by atoms with Crippen LogP contribution in [0.15, 0.2) is 18.3 Å². The highest BCUT2D eigenvalue weighted by molar-refractivity contribution is 6.31. The van der Waals surface area contributed by atoms with Crippen LogP contribution >= 0.6 is 11.6 Å². The summed E-state index contributed by atoms with van der Waals surface area (Å²) >= 11 is 6.28. The number of aliphatic hydroxyl groups excluding tert-OH is 1. The molecule has 4 fully saturated rings. The van der Waals surface area contributed by atoms with Gasteiger partial charge in [0.25, 0.3) is 0 Å². The number of nitrogens with one attached hydrogen (secondary N) is 1. The number of H-pyrrole nitrogens is 1. The van der Waals surface area contributed by atoms with Crippen molar-refractivity contribution in [2.75, 3.05) is 0 Å². The molecule has 4 saturated carbocycles. The molecule has 1 atom stereocenters. The highest BCUT2D eigenvalue weighted by Gasteiger charge is 2.54. The average Bonchev–Trinajstić information content (AvgIpc) is 2.92. The van der Waals surface area contributed by atoms with E-state index in [2.05, 4.69) is 10.2 Å². The molecule has 4 aliphatic rings. The molecule has 22 heavy (non-hydrogen) atoms. The quantitative estimate of drug-likeness (QED) is 0.859. The minimum Gasteiger partial charge on any atom is -0.388 e. The van der Waals surface area contributed by atoms with E-state index in [0.717, 1.165) is 34.2 Å². The molecule has 4 bridgehead atoms. The van der Waals surface area contributed by atoms with E-state index in [4.69, 9.17) is 11.6 Å². The number of aliphatic hydroxyl groups is 1. The monoisotopic (exact) mass is 316 g/mol. The number of aromatic nitrogens is 2. The zero-order valence-corrected chi connectivity index (χ0v) is 13.3. The summed E-state index contributed by atoms with van der Waals surface area (Å²) in [6.45, 7) is 0. The Morgan fingerprint density at radius 3 is 2.41 bits per heavy atom. The molecule has 0 spiro atoms. The second-order valence-corrected chi connectivity index (χ2v) is 8.45. The maximum atomic E-state index is 11.3. The molecule has 3 nitrogen and oxygen atoms in total. The van der Waals surface area contributed by atoms with Gasteiger partial charge in [-0.05, 0) is 68.4 Å². The van der Waals surface area contributed by atoms with E-state index in [1.807, 2.05) is 12.1 Å². The molecule has 0 radical (unpaired) electrons. The van der Waals surface area contributed by atoms with E-state index in [9.17, 15) is 5.11 Å². The normalized spacial score (nSPS) is 37.8. The van der Waals surface area contributed by atoms with Crippen LogP contribution in [-0.4, -0.2) is 15.3 Å². The summed E-state index contributed by atoms with van der Waals surface area (Å²) < 4.78 is 0. The van der Waals surface area contributed by atoms with Crippen molar-refractivity contribution in [3.63, 3.8) is 0 Å². The van der Waals surface area contributed by atoms with Gasteiger partial charge >= 0.3 is 0 Å². The third-order valence-electron chi connectivity index (χ3n) is 6.50. The summed E-state index contributed by atoms with van der Waals surface area (Å²) in [5.41, 5.74) is 1.96. The van der Waals surface area contributed by atoms with Crippen LogP contribution in [0.25, 0.3) is 10.9 Å². The van der Waals surface area contributed by atoms with E-state index < -0.39 is 6.10 Å². The number of hydrogen-bond acceptors (Lipinski definition) is 2. The molecule has 116 valence electrons. The van der Waals surface area contributed by atoms with Crippen LogP contribution in [0, 0.1) is 23.2 Å². The number of nitrogens with zero attached hydrogens (tertiary/aromatic N) is 1. The fourth-order valence-corrected chi connectivity index (χ4v) is 6.34. The van der Waals surface area contributed by atoms with E-state index in [0.29, 0.717) is 5.02 Å². The second kappa shape index (κ2) is 4.48. The molecule has 2 aromatic rings. The van der Waals surface area contributed by atoms with Crippen molar-refractivity contribution in [3.05, 3.63) is 28.9 Å². The molecule has 1 aromatic carbocycles. The first-order valence-corrected chi connectivity index (χ1v) is 8.81. The van der Waals surface area contributed by atoms with E-state index in [-0.39, 0.29) is 5.41 Å². The van der Waals surface area contributed by atoms with E-state index >= 15 is 0 Å². The van der Waals surface area contributed by atoms with Crippen molar-refractivity contribution in [2.45, 2.75) is 44.6 Å². The molecule has 0 saturated heterocycles. The van der Waals surface area contributed by atoms with Crippen molar-refractivity contribution in [2.24, 2.45) is 23.2 Å². The van der Waals surface area contributed by atoms with Gasteiger partial charge in [0.05, 0.1) is 17.8 Å². The van der Waals surface area contributed by atoms with Crippen molar-refractivity contribution in [1.29, 1.82) is 0 Å². The van der Waals surface area contributed by atoms with Gasteiger partial charge in [-0.25, -0.2) is 0 Å². The Morgan fingerprint density at radius 2 is 1.77 bits per heavy atom. The van der Waals surface area contributed by atoms with E-state index in [1.165, 1.54) is 38.5 Å². The van der Waals surface area contributed by atoms with Crippen LogP contribution in [0.2, 0.25) is 5.02 Å². The third-order valence-corrected chi connectivity index (χ3v) is 6.72. The molecule has 0 aliphatic heterocycles. The van der Waals surface area contributed by atoms with Crippen molar-refractivity contribution in [3.8, 4) is 0 Å². The van der Waals surface area contributed by atoms with Crippen molar-refractivity contribution >= 4 is 22.5 Å². The van der Waals surface area contributed by atoms with Gasteiger partial charge in [0, 0.05) is 21.4 Å². The molecule has 1 heterocycles. The van der Waals surface area contributed by atoms with Crippen LogP contribution in [0.1, 0.15) is 50.2 Å². The third kappa shape index (κ3) is 1.82. The van der Waals surface area contributed by atoms with Gasteiger partial charge in [0.2, 0.25) is 0 Å². The molecule has 4 heteroatoms. The average molecular weight is 317 g/mol. The predicted octanol–water partition coefficient (Wildman–Crippen LogP) is 4.47. The molecule has 1 aromatic heterocycles. The van der Waals surface area contributed by atoms with Gasteiger partial charge in [0.15, 0.2) is 0 Å². The summed E-state index contributed by atoms with van der Waals surface area (Å²) in [6, 6.07) is 3.85. The summed E-state index contributed by atoms with van der Waals surface area (Å²) in [6.07, 6.45) is 9.08. The minimum absolute atomic E-state index is 0.0669. The zero-order chi connectivity index (χ0) is 14.9. The van der Waals surface area contributed by atoms with Gasteiger partial charge in [0.1, 0.15) is 0 Å². The van der Waals surface area contributed by atoms with Crippen molar-refractivity contribution in [1.82, 2.24) is 10.2 Å². The standard InChI is InChI=1S/C18H21ClN2O/c19-14-4-13-9-20-21-16(13)15(5-14)17(22)18-6-10-1-11(7-18)3-12(2-10)8-18/h4-5,9-12,17,22H,1-3,6-8H2,(H,20,21). The Labute approximate surface area is 135 Å². The summed E-state index contributed by atoms with van der Waals surface area (Å²) in [4.78, 5) is 0. The molecule has 6 rings (SSSR count). The van der Waals surface area contributed by atoms with Crippen LogP contribution in [0.3, 0.4) is 0 Å². The predicted molar refractivity (Wildman–Crippen MR) is 86.7 cm³/mol. The van der Waals surface area contributed by atoms with Crippen LogP contribution in [0.5, 0.6) is 0 Å². The number of benzene rings is 1. The zero-order valence-electron chi connectivity index (χ0n) is 12.6. The Hall–Kier alpha value is -1.06. The lowest BCUT2D eigenvalue weighted by atomic mass is 9.47. The minimum atomic E-state index is -0.428. The number of rotatable bonds is 2. The lowest BCUT2D eigenvalue weighted by molar-refractivity contribution is -0.121. The molecule has 0 amide bonds. The molecule has 1 unspecified atom stereocenters. The molecule has 4 aliphatic carbocycles. The molecule has 2 N–H and O–H groups in total. The lowest BCUT2D eigenvalue weighted by Gasteiger charge is -2.58. The second-order valence-electron chi connectivity index (χ2n) is 8.01. The van der Waals surface area contributed by atoms with Crippen LogP contribution in [0.4, 0.5) is 0 Å². The summed E-state index contributed by atoms with van der Waals surface area (Å²) in [5, 5.41) is 20.2. The largest absolute Gasteiger partial charge is 0.388 e. The Kier molecular flexibility index (Phi) is 2.73. The SMILES string of the molecule is OC(c1cc(Cl)cc2cn[nH]c12)C12CC3CC(CC(C3)C1)C2. The van der Waals surface area contributed by atoms with Gasteiger partial charge in [-0.3, -0.25) is 5.10 Å². The topological polar surface area (TPSA) is 48.9 Å². The fourth-order valence-electron chi connectivity index (χ4n) is 6.11. The highest BCUT2D eigenvalue weighted by Crippen LogP contribution is 2.64. The maximum Gasteiger partial charge on any atom is 0.0867 e. The van der Waals surface area contributed by atoms with E-state index in [1.54, 1.807) is 6.20 Å². The number of halogens is 1. The first kappa shape index (κ1) is 13.4. The number of hydrogen-bond donors (Lipinski definition) is 2. The van der Waals surface area contributed by atoms with Gasteiger partial charge in [-0.1, -0.05) is 11.6 Å².